The summed E-state index contributed by atoms with van der Waals surface area (Å²) in [5.74, 6) is 1.28. The van der Waals surface area contributed by atoms with Gasteiger partial charge in [0, 0.05) is 19.0 Å². The van der Waals surface area contributed by atoms with Crippen LogP contribution in [0.1, 0.15) is 36.8 Å². The monoisotopic (exact) mass is 299 g/mol. The lowest BCUT2D eigenvalue weighted by atomic mass is 10.0. The lowest BCUT2D eigenvalue weighted by molar-refractivity contribution is -0.135. The zero-order chi connectivity index (χ0) is 15.1. The number of hydrogen-bond acceptors (Lipinski definition) is 3. The summed E-state index contributed by atoms with van der Waals surface area (Å²) in [5.41, 5.74) is 2.49. The molecule has 1 aliphatic heterocycles. The van der Waals surface area contributed by atoms with Crippen LogP contribution in [0.2, 0.25) is 0 Å². The predicted molar refractivity (Wildman–Crippen MR) is 81.5 cm³/mol. The molecular weight excluding hydrogens is 278 g/mol. The summed E-state index contributed by atoms with van der Waals surface area (Å²) in [4.78, 5) is 26.0. The number of ether oxygens (including phenoxy) is 1. The minimum absolute atomic E-state index is 0.0980. The minimum Gasteiger partial charge on any atom is -0.426 e. The van der Waals surface area contributed by atoms with Crippen molar-refractivity contribution in [2.75, 3.05) is 13.1 Å². The Bertz CT molecular complexity index is 617. The molecule has 2 fully saturated rings. The first-order valence-electron chi connectivity index (χ1n) is 8.33. The van der Waals surface area contributed by atoms with E-state index in [9.17, 15) is 9.59 Å². The summed E-state index contributed by atoms with van der Waals surface area (Å²) in [6.45, 7) is 1.59. The average Bonchev–Trinajstić information content (AvgIpc) is 3.41. The summed E-state index contributed by atoms with van der Waals surface area (Å²) in [5, 5.41) is 0. The maximum Gasteiger partial charge on any atom is 0.314 e. The number of carbonyl (C=O) groups excluding carboxylic acids is 2. The van der Waals surface area contributed by atoms with Crippen molar-refractivity contribution in [3.8, 4) is 5.75 Å². The molecule has 0 spiro atoms. The molecule has 4 heteroatoms. The number of nitrogens with zero attached hydrogens (tertiary/aromatic N) is 1. The fraction of sp³-hybridized carbons (Fsp3) is 0.556. The van der Waals surface area contributed by atoms with Crippen molar-refractivity contribution in [3.05, 3.63) is 29.3 Å². The van der Waals surface area contributed by atoms with Gasteiger partial charge in [0.05, 0.1) is 5.92 Å². The van der Waals surface area contributed by atoms with E-state index in [-0.39, 0.29) is 17.8 Å². The van der Waals surface area contributed by atoms with Crippen molar-refractivity contribution < 1.29 is 14.3 Å². The van der Waals surface area contributed by atoms with E-state index >= 15 is 0 Å². The number of esters is 1. The first kappa shape index (κ1) is 13.8. The molecule has 0 saturated heterocycles. The third-order valence-electron chi connectivity index (χ3n) is 4.85. The molecule has 0 bridgehead atoms. The van der Waals surface area contributed by atoms with E-state index in [4.69, 9.17) is 4.74 Å². The third kappa shape index (κ3) is 2.87. The van der Waals surface area contributed by atoms with E-state index in [1.54, 1.807) is 0 Å². The van der Waals surface area contributed by atoms with Gasteiger partial charge >= 0.3 is 5.97 Å². The first-order valence-corrected chi connectivity index (χ1v) is 8.33. The highest BCUT2D eigenvalue weighted by molar-refractivity contribution is 5.81. The molecule has 4 rings (SSSR count). The van der Waals surface area contributed by atoms with E-state index in [1.165, 1.54) is 11.1 Å². The first-order chi connectivity index (χ1) is 10.7. The Balaban J connectivity index is 1.45. The Hall–Kier alpha value is -1.84. The molecule has 22 heavy (non-hydrogen) atoms. The van der Waals surface area contributed by atoms with Crippen LogP contribution in [0.15, 0.2) is 18.2 Å². The van der Waals surface area contributed by atoms with Gasteiger partial charge in [0.25, 0.3) is 0 Å². The average molecular weight is 299 g/mol. The highest BCUT2D eigenvalue weighted by Gasteiger charge is 2.34. The Kier molecular flexibility index (Phi) is 3.40. The molecule has 116 valence electrons. The van der Waals surface area contributed by atoms with Gasteiger partial charge in [-0.15, -0.1) is 0 Å². The molecule has 0 atom stereocenters. The number of carbonyl (C=O) groups is 2. The van der Waals surface area contributed by atoms with Crippen LogP contribution in [0.4, 0.5) is 0 Å². The van der Waals surface area contributed by atoms with Gasteiger partial charge in [-0.3, -0.25) is 9.59 Å². The van der Waals surface area contributed by atoms with Gasteiger partial charge in [-0.1, -0.05) is 6.07 Å². The normalized spacial score (nSPS) is 21.0. The van der Waals surface area contributed by atoms with Crippen molar-refractivity contribution in [1.29, 1.82) is 0 Å². The molecule has 1 aromatic rings. The second-order valence-corrected chi connectivity index (χ2v) is 6.73. The van der Waals surface area contributed by atoms with Gasteiger partial charge < -0.3 is 9.64 Å². The highest BCUT2D eigenvalue weighted by Crippen LogP contribution is 2.33. The van der Waals surface area contributed by atoms with E-state index in [2.05, 4.69) is 6.07 Å². The number of amides is 1. The molecule has 0 unspecified atom stereocenters. The minimum atomic E-state index is -0.0980. The maximum absolute atomic E-state index is 12.2. The molecule has 1 aromatic carbocycles. The summed E-state index contributed by atoms with van der Waals surface area (Å²) in [6.07, 6.45) is 5.78. The number of fused-ring (bicyclic) bond motifs is 1. The Morgan fingerprint density at radius 2 is 1.64 bits per heavy atom. The smallest absolute Gasteiger partial charge is 0.314 e. The van der Waals surface area contributed by atoms with Gasteiger partial charge in [-0.05, 0) is 61.8 Å². The van der Waals surface area contributed by atoms with Crippen LogP contribution in [-0.4, -0.2) is 29.9 Å². The Labute approximate surface area is 130 Å². The molecule has 2 aliphatic carbocycles. The largest absolute Gasteiger partial charge is 0.426 e. The predicted octanol–water partition coefficient (Wildman–Crippen LogP) is 2.34. The summed E-state index contributed by atoms with van der Waals surface area (Å²) >= 11 is 0. The van der Waals surface area contributed by atoms with Gasteiger partial charge in [-0.25, -0.2) is 0 Å². The van der Waals surface area contributed by atoms with Crippen LogP contribution in [0.25, 0.3) is 0 Å². The van der Waals surface area contributed by atoms with Gasteiger partial charge in [-0.2, -0.15) is 0 Å². The second-order valence-electron chi connectivity index (χ2n) is 6.73. The lowest BCUT2D eigenvalue weighted by Crippen LogP contribution is -2.34. The number of benzene rings is 1. The number of rotatable bonds is 3. The molecule has 1 amide bonds. The molecular formula is C18H21NO3. The fourth-order valence-electron chi connectivity index (χ4n) is 3.09. The van der Waals surface area contributed by atoms with Gasteiger partial charge in [0.15, 0.2) is 0 Å². The van der Waals surface area contributed by atoms with Crippen molar-refractivity contribution >= 4 is 11.9 Å². The molecule has 2 saturated carbocycles. The van der Waals surface area contributed by atoms with E-state index in [0.717, 1.165) is 51.6 Å². The van der Waals surface area contributed by atoms with E-state index in [0.29, 0.717) is 11.7 Å². The van der Waals surface area contributed by atoms with Crippen LogP contribution < -0.4 is 4.74 Å². The number of hydrogen-bond donors (Lipinski definition) is 0. The zero-order valence-electron chi connectivity index (χ0n) is 12.7. The van der Waals surface area contributed by atoms with Crippen molar-refractivity contribution in [2.45, 2.75) is 38.5 Å². The molecule has 0 aromatic heterocycles. The van der Waals surface area contributed by atoms with Crippen LogP contribution >= 0.6 is 0 Å². The molecule has 3 aliphatic rings. The van der Waals surface area contributed by atoms with Crippen molar-refractivity contribution in [1.82, 2.24) is 4.90 Å². The Morgan fingerprint density at radius 1 is 0.955 bits per heavy atom. The Morgan fingerprint density at radius 3 is 2.32 bits per heavy atom. The van der Waals surface area contributed by atoms with Crippen LogP contribution in [-0.2, 0) is 22.4 Å². The third-order valence-corrected chi connectivity index (χ3v) is 4.85. The maximum atomic E-state index is 12.2. The van der Waals surface area contributed by atoms with Crippen molar-refractivity contribution in [3.63, 3.8) is 0 Å². The summed E-state index contributed by atoms with van der Waals surface area (Å²) < 4.78 is 5.45. The molecule has 0 N–H and O–H groups in total. The van der Waals surface area contributed by atoms with E-state index in [1.807, 2.05) is 17.0 Å². The second kappa shape index (κ2) is 5.41. The zero-order valence-corrected chi connectivity index (χ0v) is 12.7. The van der Waals surface area contributed by atoms with Crippen LogP contribution in [0.3, 0.4) is 0 Å². The summed E-state index contributed by atoms with van der Waals surface area (Å²) in [6, 6.07) is 5.92. The molecule has 0 radical (unpaired) electrons. The van der Waals surface area contributed by atoms with Crippen LogP contribution in [0, 0.1) is 11.8 Å². The van der Waals surface area contributed by atoms with Gasteiger partial charge in [0.2, 0.25) is 5.91 Å². The highest BCUT2D eigenvalue weighted by atomic mass is 16.5. The SMILES string of the molecule is O=C(Oc1ccc2c(c1)CCN(C(=O)C1CC1)CC2)C1CC1. The summed E-state index contributed by atoms with van der Waals surface area (Å²) in [7, 11) is 0. The van der Waals surface area contributed by atoms with Crippen molar-refractivity contribution in [2.24, 2.45) is 11.8 Å². The topological polar surface area (TPSA) is 46.6 Å². The standard InChI is InChI=1S/C18H21NO3/c20-17(13-1-2-13)19-9-7-12-5-6-16(11-15(12)8-10-19)22-18(21)14-3-4-14/h5-6,11,13-14H,1-4,7-10H2. The molecule has 1 heterocycles. The van der Waals surface area contributed by atoms with E-state index < -0.39 is 0 Å². The quantitative estimate of drug-likeness (QED) is 0.636. The molecule has 4 nitrogen and oxygen atoms in total. The van der Waals surface area contributed by atoms with Crippen LogP contribution in [0.5, 0.6) is 5.75 Å². The lowest BCUT2D eigenvalue weighted by Gasteiger charge is -2.19. The van der Waals surface area contributed by atoms with Gasteiger partial charge in [0.1, 0.15) is 5.75 Å². The fourth-order valence-corrected chi connectivity index (χ4v) is 3.09.